The molecular weight excluding hydrogens is 321 g/mol. The lowest BCUT2D eigenvalue weighted by molar-refractivity contribution is 0.0943. The molecule has 3 heterocycles. The Morgan fingerprint density at radius 1 is 1.32 bits per heavy atom. The van der Waals surface area contributed by atoms with Gasteiger partial charge in [0, 0.05) is 25.1 Å². The number of imidazole rings is 1. The summed E-state index contributed by atoms with van der Waals surface area (Å²) >= 11 is 0. The quantitative estimate of drug-likeness (QED) is 0.793. The molecule has 0 aliphatic carbocycles. The van der Waals surface area contributed by atoms with Crippen molar-refractivity contribution >= 4 is 5.91 Å². The van der Waals surface area contributed by atoms with Crippen molar-refractivity contribution in [3.05, 3.63) is 77.5 Å². The van der Waals surface area contributed by atoms with Crippen LogP contribution >= 0.6 is 0 Å². The monoisotopic (exact) mass is 339 g/mol. The second kappa shape index (κ2) is 6.55. The molecule has 0 spiro atoms. The molecule has 1 atom stereocenters. The summed E-state index contributed by atoms with van der Waals surface area (Å²) in [4.78, 5) is 16.7. The van der Waals surface area contributed by atoms with Crippen LogP contribution < -0.4 is 5.32 Å². The standard InChI is InChI=1S/C19H18FN3O2/c20-15-6-3-13(4-7-15)14-5-8-18-22-17(12-23(18)11-14)19(24)21-10-16-2-1-9-25-16/h1-4,6-7,9,12,14H,5,8,10-11H2,(H,21,24). The third kappa shape index (κ3) is 3.33. The third-order valence-corrected chi connectivity index (χ3v) is 4.57. The van der Waals surface area contributed by atoms with E-state index >= 15 is 0 Å². The molecule has 5 nitrogen and oxygen atoms in total. The molecule has 3 aromatic rings. The van der Waals surface area contributed by atoms with Gasteiger partial charge in [0.15, 0.2) is 0 Å². The maximum Gasteiger partial charge on any atom is 0.271 e. The van der Waals surface area contributed by atoms with Crippen molar-refractivity contribution in [2.24, 2.45) is 0 Å². The molecule has 1 N–H and O–H groups in total. The average molecular weight is 339 g/mol. The van der Waals surface area contributed by atoms with Gasteiger partial charge in [-0.1, -0.05) is 12.1 Å². The number of aromatic nitrogens is 2. The number of furan rings is 1. The second-order valence-electron chi connectivity index (χ2n) is 6.24. The van der Waals surface area contributed by atoms with E-state index in [2.05, 4.69) is 10.3 Å². The molecule has 1 aliphatic heterocycles. The summed E-state index contributed by atoms with van der Waals surface area (Å²) in [6, 6.07) is 10.2. The molecule has 0 radical (unpaired) electrons. The van der Waals surface area contributed by atoms with Crippen molar-refractivity contribution in [2.45, 2.75) is 31.8 Å². The molecule has 0 saturated carbocycles. The summed E-state index contributed by atoms with van der Waals surface area (Å²) in [5, 5.41) is 2.81. The summed E-state index contributed by atoms with van der Waals surface area (Å²) < 4.78 is 20.3. The van der Waals surface area contributed by atoms with Gasteiger partial charge >= 0.3 is 0 Å². The van der Waals surface area contributed by atoms with E-state index in [4.69, 9.17) is 4.42 Å². The largest absolute Gasteiger partial charge is 0.467 e. The zero-order valence-corrected chi connectivity index (χ0v) is 13.6. The molecule has 1 amide bonds. The number of amides is 1. The van der Waals surface area contributed by atoms with Crippen molar-refractivity contribution in [1.82, 2.24) is 14.9 Å². The Kier molecular flexibility index (Phi) is 4.09. The Balaban J connectivity index is 1.45. The molecule has 1 aromatic carbocycles. The first-order valence-corrected chi connectivity index (χ1v) is 8.31. The Morgan fingerprint density at radius 2 is 2.16 bits per heavy atom. The minimum absolute atomic E-state index is 0.211. The van der Waals surface area contributed by atoms with E-state index in [1.54, 1.807) is 18.5 Å². The molecule has 4 rings (SSSR count). The molecule has 2 aromatic heterocycles. The SMILES string of the molecule is O=C(NCc1ccco1)c1cn2c(n1)CCC(c1ccc(F)cc1)C2. The Bertz CT molecular complexity index is 869. The number of halogens is 1. The molecule has 128 valence electrons. The summed E-state index contributed by atoms with van der Waals surface area (Å²) in [5.41, 5.74) is 1.53. The maximum atomic E-state index is 13.1. The topological polar surface area (TPSA) is 60.1 Å². The summed E-state index contributed by atoms with van der Waals surface area (Å²) in [5.74, 6) is 1.49. The predicted molar refractivity (Wildman–Crippen MR) is 89.6 cm³/mol. The zero-order valence-electron chi connectivity index (χ0n) is 13.6. The first-order chi connectivity index (χ1) is 12.2. The first-order valence-electron chi connectivity index (χ1n) is 8.31. The molecule has 6 heteroatoms. The van der Waals surface area contributed by atoms with Crippen molar-refractivity contribution in [3.8, 4) is 0 Å². The van der Waals surface area contributed by atoms with Crippen molar-refractivity contribution in [3.63, 3.8) is 0 Å². The van der Waals surface area contributed by atoms with E-state index in [9.17, 15) is 9.18 Å². The number of carbonyl (C=O) groups excluding carboxylic acids is 1. The number of nitrogens with one attached hydrogen (secondary N) is 1. The number of aryl methyl sites for hydroxylation is 1. The van der Waals surface area contributed by atoms with Gasteiger partial charge in [-0.05, 0) is 36.2 Å². The van der Waals surface area contributed by atoms with Crippen molar-refractivity contribution in [1.29, 1.82) is 0 Å². The average Bonchev–Trinajstić information content (AvgIpc) is 3.29. The van der Waals surface area contributed by atoms with Gasteiger partial charge in [0.05, 0.1) is 12.8 Å². The molecule has 25 heavy (non-hydrogen) atoms. The predicted octanol–water partition coefficient (Wildman–Crippen LogP) is 3.28. The van der Waals surface area contributed by atoms with Crippen molar-refractivity contribution < 1.29 is 13.6 Å². The zero-order chi connectivity index (χ0) is 17.2. The van der Waals surface area contributed by atoms with Crippen LogP contribution in [0.1, 0.15) is 40.0 Å². The number of fused-ring (bicyclic) bond motifs is 1. The van der Waals surface area contributed by atoms with Crippen LogP contribution in [-0.4, -0.2) is 15.5 Å². The highest BCUT2D eigenvalue weighted by Gasteiger charge is 2.23. The highest BCUT2D eigenvalue weighted by Crippen LogP contribution is 2.28. The van der Waals surface area contributed by atoms with Crippen molar-refractivity contribution in [2.75, 3.05) is 0 Å². The van der Waals surface area contributed by atoms with Gasteiger partial charge < -0.3 is 14.3 Å². The second-order valence-corrected chi connectivity index (χ2v) is 6.24. The number of rotatable bonds is 4. The highest BCUT2D eigenvalue weighted by molar-refractivity contribution is 5.92. The molecular formula is C19H18FN3O2. The minimum Gasteiger partial charge on any atom is -0.467 e. The van der Waals surface area contributed by atoms with Gasteiger partial charge in [-0.2, -0.15) is 0 Å². The van der Waals surface area contributed by atoms with Crippen LogP contribution in [-0.2, 0) is 19.5 Å². The maximum absolute atomic E-state index is 13.1. The van der Waals surface area contributed by atoms with Crippen LogP contribution in [0.5, 0.6) is 0 Å². The summed E-state index contributed by atoms with van der Waals surface area (Å²) in [6.45, 7) is 1.09. The van der Waals surface area contributed by atoms with Gasteiger partial charge in [-0.3, -0.25) is 4.79 Å². The van der Waals surface area contributed by atoms with Gasteiger partial charge in [0.25, 0.3) is 5.91 Å². The third-order valence-electron chi connectivity index (χ3n) is 4.57. The Labute approximate surface area is 144 Å². The van der Waals surface area contributed by atoms with Crippen LogP contribution in [0, 0.1) is 5.82 Å². The van der Waals surface area contributed by atoms with Crippen LogP contribution in [0.4, 0.5) is 4.39 Å². The van der Waals surface area contributed by atoms with E-state index in [0.29, 0.717) is 23.9 Å². The Morgan fingerprint density at radius 3 is 2.92 bits per heavy atom. The smallest absolute Gasteiger partial charge is 0.271 e. The lowest BCUT2D eigenvalue weighted by Gasteiger charge is -2.24. The van der Waals surface area contributed by atoms with E-state index < -0.39 is 0 Å². The first kappa shape index (κ1) is 15.6. The fourth-order valence-corrected chi connectivity index (χ4v) is 3.23. The fourth-order valence-electron chi connectivity index (χ4n) is 3.23. The molecule has 1 aliphatic rings. The number of hydrogen-bond acceptors (Lipinski definition) is 3. The number of nitrogens with zero attached hydrogens (tertiary/aromatic N) is 2. The molecule has 0 bridgehead atoms. The molecule has 1 unspecified atom stereocenters. The van der Waals surface area contributed by atoms with Gasteiger partial charge in [-0.25, -0.2) is 9.37 Å². The minimum atomic E-state index is -0.224. The number of carbonyl (C=O) groups is 1. The number of benzene rings is 1. The van der Waals surface area contributed by atoms with E-state index in [0.717, 1.165) is 30.8 Å². The van der Waals surface area contributed by atoms with E-state index in [-0.39, 0.29) is 11.7 Å². The number of hydrogen-bond donors (Lipinski definition) is 1. The lowest BCUT2D eigenvalue weighted by atomic mass is 9.92. The van der Waals surface area contributed by atoms with Gasteiger partial charge in [0.2, 0.25) is 0 Å². The van der Waals surface area contributed by atoms with Crippen LogP contribution in [0.25, 0.3) is 0 Å². The van der Waals surface area contributed by atoms with E-state index in [1.807, 2.05) is 22.8 Å². The molecule has 0 fully saturated rings. The van der Waals surface area contributed by atoms with Gasteiger partial charge in [-0.15, -0.1) is 0 Å². The summed E-state index contributed by atoms with van der Waals surface area (Å²) in [7, 11) is 0. The van der Waals surface area contributed by atoms with Crippen LogP contribution in [0.15, 0.2) is 53.3 Å². The van der Waals surface area contributed by atoms with Crippen LogP contribution in [0.2, 0.25) is 0 Å². The van der Waals surface area contributed by atoms with Gasteiger partial charge in [0.1, 0.15) is 23.1 Å². The molecule has 0 saturated heterocycles. The van der Waals surface area contributed by atoms with Crippen LogP contribution in [0.3, 0.4) is 0 Å². The van der Waals surface area contributed by atoms with E-state index in [1.165, 1.54) is 12.1 Å². The lowest BCUT2D eigenvalue weighted by Crippen LogP contribution is -2.22. The fraction of sp³-hybridized carbons (Fsp3) is 0.263. The summed E-state index contributed by atoms with van der Waals surface area (Å²) in [6.07, 6.45) is 5.11. The normalized spacial score (nSPS) is 16.4. The Hall–Kier alpha value is -2.89. The highest BCUT2D eigenvalue weighted by atomic mass is 19.1.